The van der Waals surface area contributed by atoms with Crippen molar-refractivity contribution in [2.24, 2.45) is 5.10 Å². The van der Waals surface area contributed by atoms with Gasteiger partial charge >= 0.3 is 0 Å². The lowest BCUT2D eigenvalue weighted by atomic mass is 10.2. The Labute approximate surface area is 149 Å². The third-order valence-electron chi connectivity index (χ3n) is 3.50. The molecular formula is C17H16N6O3. The van der Waals surface area contributed by atoms with Crippen LogP contribution in [0.15, 0.2) is 53.9 Å². The molecular weight excluding hydrogens is 336 g/mol. The second-order valence-electron chi connectivity index (χ2n) is 5.15. The zero-order valence-electron chi connectivity index (χ0n) is 14.2. The first-order valence-corrected chi connectivity index (χ1v) is 7.59. The fourth-order valence-electron chi connectivity index (χ4n) is 2.18. The molecule has 0 aliphatic carbocycles. The number of hydrogen-bond donors (Lipinski definition) is 1. The molecule has 0 bridgehead atoms. The number of tetrazole rings is 1. The minimum Gasteiger partial charge on any atom is -0.497 e. The molecule has 0 unspecified atom stereocenters. The number of benzene rings is 2. The fraction of sp³-hybridized carbons (Fsp3) is 0.118. The van der Waals surface area contributed by atoms with Crippen LogP contribution in [0.5, 0.6) is 11.5 Å². The highest BCUT2D eigenvalue weighted by atomic mass is 16.5. The summed E-state index contributed by atoms with van der Waals surface area (Å²) in [6.45, 7) is 0. The smallest absolute Gasteiger partial charge is 0.271 e. The maximum absolute atomic E-state index is 12.2. The summed E-state index contributed by atoms with van der Waals surface area (Å²) in [7, 11) is 3.13. The Bertz CT molecular complexity index is 885. The van der Waals surface area contributed by atoms with Gasteiger partial charge in [-0.3, -0.25) is 4.79 Å². The summed E-state index contributed by atoms with van der Waals surface area (Å²) in [5.41, 5.74) is 4.42. The van der Waals surface area contributed by atoms with E-state index in [1.165, 1.54) is 17.2 Å². The number of methoxy groups -OCH3 is 2. The van der Waals surface area contributed by atoms with Crippen molar-refractivity contribution >= 4 is 12.1 Å². The van der Waals surface area contributed by atoms with Gasteiger partial charge in [0.1, 0.15) is 17.8 Å². The van der Waals surface area contributed by atoms with Gasteiger partial charge in [-0.15, -0.1) is 5.10 Å². The molecule has 3 rings (SSSR count). The molecule has 9 nitrogen and oxygen atoms in total. The van der Waals surface area contributed by atoms with Gasteiger partial charge in [0.2, 0.25) is 0 Å². The molecule has 0 saturated heterocycles. The van der Waals surface area contributed by atoms with E-state index < -0.39 is 0 Å². The van der Waals surface area contributed by atoms with Crippen LogP contribution in [0.1, 0.15) is 15.9 Å². The second kappa shape index (κ2) is 7.88. The molecule has 132 valence electrons. The van der Waals surface area contributed by atoms with Gasteiger partial charge < -0.3 is 9.47 Å². The Morgan fingerprint density at radius 3 is 2.38 bits per heavy atom. The van der Waals surface area contributed by atoms with Gasteiger partial charge in [-0.1, -0.05) is 0 Å². The van der Waals surface area contributed by atoms with Crippen molar-refractivity contribution in [3.8, 4) is 17.2 Å². The van der Waals surface area contributed by atoms with Gasteiger partial charge in [-0.25, -0.2) is 10.1 Å². The van der Waals surface area contributed by atoms with Crippen LogP contribution in [0.4, 0.5) is 0 Å². The number of nitrogens with zero attached hydrogens (tertiary/aromatic N) is 5. The van der Waals surface area contributed by atoms with Crippen LogP contribution in [0.25, 0.3) is 5.69 Å². The van der Waals surface area contributed by atoms with Crippen LogP contribution in [-0.4, -0.2) is 46.5 Å². The maximum atomic E-state index is 12.2. The van der Waals surface area contributed by atoms with Crippen molar-refractivity contribution in [3.05, 3.63) is 59.9 Å². The lowest BCUT2D eigenvalue weighted by Gasteiger charge is -2.05. The summed E-state index contributed by atoms with van der Waals surface area (Å²) >= 11 is 0. The second-order valence-corrected chi connectivity index (χ2v) is 5.15. The van der Waals surface area contributed by atoms with E-state index in [0.29, 0.717) is 17.1 Å². The van der Waals surface area contributed by atoms with E-state index in [4.69, 9.17) is 9.47 Å². The molecule has 0 saturated carbocycles. The zero-order chi connectivity index (χ0) is 18.4. The molecule has 0 fully saturated rings. The summed E-state index contributed by atoms with van der Waals surface area (Å²) in [6, 6.07) is 12.1. The van der Waals surface area contributed by atoms with Crippen molar-refractivity contribution in [2.75, 3.05) is 14.2 Å². The van der Waals surface area contributed by atoms with E-state index in [1.54, 1.807) is 56.7 Å². The number of amides is 1. The van der Waals surface area contributed by atoms with Crippen LogP contribution >= 0.6 is 0 Å². The molecule has 2 aromatic carbocycles. The van der Waals surface area contributed by atoms with Crippen molar-refractivity contribution in [1.29, 1.82) is 0 Å². The molecule has 1 N–H and O–H groups in total. The Hall–Kier alpha value is -3.75. The normalized spacial score (nSPS) is 10.7. The molecule has 0 radical (unpaired) electrons. The standard InChI is InChI=1S/C17H16N6O3/c1-25-15-7-12(8-16(9-15)26-2)10-18-20-17(24)13-3-5-14(6-4-13)23-11-19-21-22-23/h3-11H,1-2H3,(H,20,24)/b18-10+. The van der Waals surface area contributed by atoms with Crippen LogP contribution in [0.2, 0.25) is 0 Å². The summed E-state index contributed by atoms with van der Waals surface area (Å²) in [5.74, 6) is 0.935. The molecule has 0 aliphatic rings. The third-order valence-corrected chi connectivity index (χ3v) is 3.50. The summed E-state index contributed by atoms with van der Waals surface area (Å²) in [6.07, 6.45) is 2.99. The first-order valence-electron chi connectivity index (χ1n) is 7.59. The topological polar surface area (TPSA) is 104 Å². The average Bonchev–Trinajstić information content (AvgIpc) is 3.22. The maximum Gasteiger partial charge on any atom is 0.271 e. The number of rotatable bonds is 6. The van der Waals surface area contributed by atoms with Gasteiger partial charge in [0.25, 0.3) is 5.91 Å². The summed E-state index contributed by atoms with van der Waals surface area (Å²) in [5, 5.41) is 14.9. The highest BCUT2D eigenvalue weighted by Gasteiger charge is 2.05. The molecule has 9 heteroatoms. The van der Waals surface area contributed by atoms with Crippen molar-refractivity contribution in [1.82, 2.24) is 25.6 Å². The minimum absolute atomic E-state index is 0.334. The van der Waals surface area contributed by atoms with E-state index in [1.807, 2.05) is 0 Å². The number of ether oxygens (including phenoxy) is 2. The fourth-order valence-corrected chi connectivity index (χ4v) is 2.18. The molecule has 26 heavy (non-hydrogen) atoms. The molecule has 1 amide bonds. The van der Waals surface area contributed by atoms with E-state index >= 15 is 0 Å². The monoisotopic (exact) mass is 352 g/mol. The van der Waals surface area contributed by atoms with Gasteiger partial charge in [-0.2, -0.15) is 5.10 Å². The zero-order valence-corrected chi connectivity index (χ0v) is 14.2. The van der Waals surface area contributed by atoms with Crippen LogP contribution in [0.3, 0.4) is 0 Å². The summed E-state index contributed by atoms with van der Waals surface area (Å²) in [4.78, 5) is 12.2. The first-order chi connectivity index (χ1) is 12.7. The number of carbonyl (C=O) groups is 1. The van der Waals surface area contributed by atoms with Crippen molar-refractivity contribution in [2.45, 2.75) is 0 Å². The lowest BCUT2D eigenvalue weighted by Crippen LogP contribution is -2.17. The minimum atomic E-state index is -0.334. The third kappa shape index (κ3) is 4.01. The Balaban J connectivity index is 1.66. The van der Waals surface area contributed by atoms with Crippen LogP contribution in [-0.2, 0) is 0 Å². The first kappa shape index (κ1) is 17.1. The van der Waals surface area contributed by atoms with Crippen molar-refractivity contribution < 1.29 is 14.3 Å². The predicted molar refractivity (Wildman–Crippen MR) is 93.8 cm³/mol. The van der Waals surface area contributed by atoms with Gasteiger partial charge in [0.15, 0.2) is 0 Å². The molecule has 3 aromatic rings. The molecule has 0 aliphatic heterocycles. The van der Waals surface area contributed by atoms with E-state index in [9.17, 15) is 4.79 Å². The largest absolute Gasteiger partial charge is 0.497 e. The van der Waals surface area contributed by atoms with Crippen molar-refractivity contribution in [3.63, 3.8) is 0 Å². The van der Waals surface area contributed by atoms with E-state index in [2.05, 4.69) is 26.1 Å². The van der Waals surface area contributed by atoms with Gasteiger partial charge in [0, 0.05) is 17.2 Å². The molecule has 1 aromatic heterocycles. The Kier molecular flexibility index (Phi) is 5.18. The van der Waals surface area contributed by atoms with Gasteiger partial charge in [-0.05, 0) is 46.8 Å². The molecule has 0 atom stereocenters. The average molecular weight is 352 g/mol. The summed E-state index contributed by atoms with van der Waals surface area (Å²) < 4.78 is 11.9. The number of nitrogens with one attached hydrogen (secondary N) is 1. The highest BCUT2D eigenvalue weighted by molar-refractivity contribution is 5.95. The number of aromatic nitrogens is 4. The predicted octanol–water partition coefficient (Wildman–Crippen LogP) is 1.44. The number of hydrazone groups is 1. The number of carbonyl (C=O) groups excluding carboxylic acids is 1. The van der Waals surface area contributed by atoms with E-state index in [-0.39, 0.29) is 5.91 Å². The molecule has 0 spiro atoms. The Morgan fingerprint density at radius 2 is 1.81 bits per heavy atom. The highest BCUT2D eigenvalue weighted by Crippen LogP contribution is 2.21. The molecule has 1 heterocycles. The number of hydrogen-bond acceptors (Lipinski definition) is 7. The van der Waals surface area contributed by atoms with E-state index in [0.717, 1.165) is 11.3 Å². The van der Waals surface area contributed by atoms with Gasteiger partial charge in [0.05, 0.1) is 26.1 Å². The SMILES string of the molecule is COc1cc(/C=N/NC(=O)c2ccc(-n3cnnn3)cc2)cc(OC)c1. The van der Waals surface area contributed by atoms with Crippen LogP contribution < -0.4 is 14.9 Å². The quantitative estimate of drug-likeness (QED) is 0.532. The van der Waals surface area contributed by atoms with Crippen LogP contribution in [0, 0.1) is 0 Å². The Morgan fingerprint density at radius 1 is 1.12 bits per heavy atom. The lowest BCUT2D eigenvalue weighted by molar-refractivity contribution is 0.0955.